The Labute approximate surface area is 144 Å². The van der Waals surface area contributed by atoms with Crippen LogP contribution in [0.3, 0.4) is 0 Å². The summed E-state index contributed by atoms with van der Waals surface area (Å²) in [6, 6.07) is 1.50. The highest BCUT2D eigenvalue weighted by Crippen LogP contribution is 2.34. The van der Waals surface area contributed by atoms with Crippen LogP contribution in [0.5, 0.6) is 0 Å². The topological polar surface area (TPSA) is 91.5 Å². The van der Waals surface area contributed by atoms with E-state index in [0.29, 0.717) is 6.20 Å². The van der Waals surface area contributed by atoms with Crippen LogP contribution in [0.1, 0.15) is 18.2 Å². The van der Waals surface area contributed by atoms with E-state index < -0.39 is 29.5 Å². The summed E-state index contributed by atoms with van der Waals surface area (Å²) in [6.07, 6.45) is -5.90. The van der Waals surface area contributed by atoms with E-state index in [-0.39, 0.29) is 17.3 Å². The van der Waals surface area contributed by atoms with Crippen LogP contribution >= 0.6 is 0 Å². The normalized spacial score (nSPS) is 14.0. The number of aryl methyl sites for hydroxylation is 1. The van der Waals surface area contributed by atoms with Crippen molar-refractivity contribution in [3.05, 3.63) is 23.7 Å². The van der Waals surface area contributed by atoms with Gasteiger partial charge in [-0.1, -0.05) is 0 Å². The van der Waals surface area contributed by atoms with Crippen molar-refractivity contribution < 1.29 is 22.0 Å². The molecule has 0 spiro atoms. The number of hydrogen-bond donors (Lipinski definition) is 2. The summed E-state index contributed by atoms with van der Waals surface area (Å²) in [5, 5.41) is 17.8. The first-order chi connectivity index (χ1) is 12.0. The third kappa shape index (κ3) is 3.51. The minimum Gasteiger partial charge on any atom is -0.372 e. The number of aromatic nitrogens is 4. The Morgan fingerprint density at radius 3 is 2.46 bits per heavy atom. The lowest BCUT2D eigenvalue weighted by atomic mass is 10.1. The Morgan fingerprint density at radius 2 is 1.96 bits per heavy atom. The molecule has 0 saturated carbocycles. The number of anilines is 3. The Bertz CT molecular complexity index is 839. The Morgan fingerprint density at radius 1 is 1.31 bits per heavy atom. The monoisotopic (exact) mass is 375 g/mol. The first-order valence-electron chi connectivity index (χ1n) is 7.18. The maximum Gasteiger partial charge on any atom is 0.421 e. The molecule has 2 aromatic heterocycles. The second-order valence-corrected chi connectivity index (χ2v) is 5.46. The van der Waals surface area contributed by atoms with Crippen molar-refractivity contribution >= 4 is 17.5 Å². The molecule has 0 aromatic carbocycles. The van der Waals surface area contributed by atoms with Gasteiger partial charge in [-0.15, -0.1) is 0 Å². The fourth-order valence-corrected chi connectivity index (χ4v) is 1.98. The zero-order valence-corrected chi connectivity index (χ0v) is 13.9. The van der Waals surface area contributed by atoms with Crippen molar-refractivity contribution in [1.82, 2.24) is 19.7 Å². The van der Waals surface area contributed by atoms with E-state index in [9.17, 15) is 22.0 Å². The number of nitrogens with one attached hydrogen (secondary N) is 2. The van der Waals surface area contributed by atoms with Crippen LogP contribution in [-0.2, 0) is 11.7 Å². The highest BCUT2D eigenvalue weighted by molar-refractivity contribution is 5.58. The van der Waals surface area contributed by atoms with Gasteiger partial charge in [0.25, 0.3) is 6.43 Å². The van der Waals surface area contributed by atoms with Gasteiger partial charge in [-0.2, -0.15) is 28.5 Å². The van der Waals surface area contributed by atoms with Crippen LogP contribution in [0.15, 0.2) is 12.4 Å². The van der Waals surface area contributed by atoms with Crippen LogP contribution in [0.2, 0.25) is 0 Å². The third-order valence-electron chi connectivity index (χ3n) is 3.60. The second kappa shape index (κ2) is 6.74. The molecule has 0 bridgehead atoms. The Hall–Kier alpha value is -2.97. The highest BCUT2D eigenvalue weighted by Gasteiger charge is 2.39. The molecule has 0 radical (unpaired) electrons. The van der Waals surface area contributed by atoms with E-state index in [0.717, 1.165) is 17.8 Å². The Balaban J connectivity index is 2.37. The van der Waals surface area contributed by atoms with Crippen molar-refractivity contribution in [1.29, 1.82) is 5.26 Å². The zero-order chi connectivity index (χ0) is 19.7. The van der Waals surface area contributed by atoms with E-state index >= 15 is 0 Å². The lowest BCUT2D eigenvalue weighted by Crippen LogP contribution is -2.36. The third-order valence-corrected chi connectivity index (χ3v) is 3.60. The van der Waals surface area contributed by atoms with Gasteiger partial charge in [0, 0.05) is 13.2 Å². The number of hydrogen-bond acceptors (Lipinski definition) is 6. The molecule has 26 heavy (non-hydrogen) atoms. The van der Waals surface area contributed by atoms with E-state index in [4.69, 9.17) is 5.26 Å². The molecule has 0 aliphatic carbocycles. The smallest absolute Gasteiger partial charge is 0.372 e. The zero-order valence-electron chi connectivity index (χ0n) is 13.9. The van der Waals surface area contributed by atoms with Crippen LogP contribution in [0.4, 0.5) is 39.4 Å². The molecule has 0 fully saturated rings. The lowest BCUT2D eigenvalue weighted by Gasteiger charge is -2.20. The molecule has 1 atom stereocenters. The minimum atomic E-state index is -4.64. The molecule has 2 rings (SSSR count). The van der Waals surface area contributed by atoms with Gasteiger partial charge in [0.1, 0.15) is 11.4 Å². The molecule has 12 heteroatoms. The lowest BCUT2D eigenvalue weighted by molar-refractivity contribution is -0.137. The van der Waals surface area contributed by atoms with E-state index in [1.807, 2.05) is 0 Å². The van der Waals surface area contributed by atoms with Crippen molar-refractivity contribution in [2.45, 2.75) is 32.0 Å². The maximum atomic E-state index is 13.1. The van der Waals surface area contributed by atoms with E-state index in [2.05, 4.69) is 25.7 Å². The fraction of sp³-hybridized carbons (Fsp3) is 0.429. The predicted molar refractivity (Wildman–Crippen MR) is 82.1 cm³/mol. The average molecular weight is 375 g/mol. The van der Waals surface area contributed by atoms with Crippen LogP contribution in [0.25, 0.3) is 0 Å². The molecule has 140 valence electrons. The summed E-state index contributed by atoms with van der Waals surface area (Å²) < 4.78 is 65.6. The van der Waals surface area contributed by atoms with Gasteiger partial charge in [-0.3, -0.25) is 0 Å². The van der Waals surface area contributed by atoms with Crippen LogP contribution in [-0.4, -0.2) is 33.2 Å². The number of nitriles is 1. The van der Waals surface area contributed by atoms with E-state index in [1.54, 1.807) is 0 Å². The first-order valence-corrected chi connectivity index (χ1v) is 7.18. The van der Waals surface area contributed by atoms with Crippen molar-refractivity contribution in [2.24, 2.45) is 0 Å². The van der Waals surface area contributed by atoms with Gasteiger partial charge >= 0.3 is 6.18 Å². The fourth-order valence-electron chi connectivity index (χ4n) is 1.98. The number of nitrogens with zero attached hydrogens (tertiary/aromatic N) is 5. The second-order valence-electron chi connectivity index (χ2n) is 5.46. The molecular formula is C14H14F5N7. The van der Waals surface area contributed by atoms with Gasteiger partial charge < -0.3 is 10.6 Å². The molecule has 0 aliphatic rings. The summed E-state index contributed by atoms with van der Waals surface area (Å²) in [7, 11) is 1.27. The summed E-state index contributed by atoms with van der Waals surface area (Å²) in [5.41, 5.74) is -2.83. The molecule has 2 N–H and O–H groups in total. The van der Waals surface area contributed by atoms with Gasteiger partial charge in [-0.05, 0) is 13.8 Å². The maximum absolute atomic E-state index is 13.1. The number of halogens is 5. The SMILES string of the molecule is CNc1nc(Nc2cn(C(C)(C#N)C(F)F)nc2C)ncc1C(F)(F)F. The molecule has 0 saturated heterocycles. The molecule has 2 aromatic rings. The van der Waals surface area contributed by atoms with Gasteiger partial charge in [-0.25, -0.2) is 18.4 Å². The van der Waals surface area contributed by atoms with Gasteiger partial charge in [0.15, 0.2) is 0 Å². The van der Waals surface area contributed by atoms with E-state index in [1.165, 1.54) is 20.0 Å². The molecule has 2 heterocycles. The van der Waals surface area contributed by atoms with Crippen LogP contribution < -0.4 is 10.6 Å². The molecule has 1 unspecified atom stereocenters. The molecule has 0 aliphatic heterocycles. The number of rotatable bonds is 5. The summed E-state index contributed by atoms with van der Waals surface area (Å²) >= 11 is 0. The standard InChI is InChI=1S/C14H14F5N7/c1-7-9(5-26(25-7)13(2,6-20)11(15)16)23-12-22-4-8(14(17,18)19)10(21-3)24-12/h4-5,11H,1-3H3,(H2,21,22,23,24). The highest BCUT2D eigenvalue weighted by atomic mass is 19.4. The summed E-state index contributed by atoms with van der Waals surface area (Å²) in [6.45, 7) is 2.49. The van der Waals surface area contributed by atoms with Gasteiger partial charge in [0.05, 0.1) is 23.6 Å². The van der Waals surface area contributed by atoms with Crippen molar-refractivity contribution in [3.63, 3.8) is 0 Å². The summed E-state index contributed by atoms with van der Waals surface area (Å²) in [5.74, 6) is -0.643. The summed E-state index contributed by atoms with van der Waals surface area (Å²) in [4.78, 5) is 7.30. The van der Waals surface area contributed by atoms with Crippen molar-refractivity contribution in [2.75, 3.05) is 17.7 Å². The first kappa shape index (κ1) is 19.4. The predicted octanol–water partition coefficient (Wildman–Crippen LogP) is 3.29. The number of alkyl halides is 5. The largest absolute Gasteiger partial charge is 0.421 e. The molecule has 0 amide bonds. The van der Waals surface area contributed by atoms with Crippen molar-refractivity contribution in [3.8, 4) is 6.07 Å². The molecule has 7 nitrogen and oxygen atoms in total. The minimum absolute atomic E-state index is 0.175. The van der Waals surface area contributed by atoms with Crippen LogP contribution in [0, 0.1) is 18.3 Å². The molecular weight excluding hydrogens is 361 g/mol. The average Bonchev–Trinajstić information content (AvgIpc) is 2.93. The Kier molecular flexibility index (Phi) is 5.02. The quantitative estimate of drug-likeness (QED) is 0.780. The van der Waals surface area contributed by atoms with Gasteiger partial charge in [0.2, 0.25) is 11.5 Å².